The lowest BCUT2D eigenvalue weighted by atomic mass is 9.71. The Morgan fingerprint density at radius 3 is 2.88 bits per heavy atom. The Hall–Kier alpha value is -2.77. The maximum Gasteiger partial charge on any atom is 0.255 e. The van der Waals surface area contributed by atoms with E-state index in [0.717, 1.165) is 63.0 Å². The van der Waals surface area contributed by atoms with E-state index in [-0.39, 0.29) is 17.4 Å². The van der Waals surface area contributed by atoms with Gasteiger partial charge in [-0.3, -0.25) is 4.79 Å². The van der Waals surface area contributed by atoms with Crippen molar-refractivity contribution in [3.63, 3.8) is 0 Å². The number of carbonyl (C=O) groups excluding carboxylic acids is 1. The number of hydrogen-bond donors (Lipinski definition) is 1. The number of aryl methyl sites for hydroxylation is 2. The first-order chi connectivity index (χ1) is 15.5. The maximum atomic E-state index is 13.3. The quantitative estimate of drug-likeness (QED) is 0.685. The molecule has 2 fully saturated rings. The topological polar surface area (TPSA) is 74.5 Å². The van der Waals surface area contributed by atoms with Crippen molar-refractivity contribution in [2.75, 3.05) is 33.2 Å². The molecule has 2 saturated heterocycles. The summed E-state index contributed by atoms with van der Waals surface area (Å²) in [5, 5.41) is 10.8. The van der Waals surface area contributed by atoms with Crippen molar-refractivity contribution in [3.8, 4) is 0 Å². The minimum Gasteiger partial charge on any atom is -0.392 e. The second-order valence-corrected chi connectivity index (χ2v) is 9.48. The van der Waals surface area contributed by atoms with Crippen LogP contribution in [0, 0.1) is 5.41 Å². The van der Waals surface area contributed by atoms with Crippen LogP contribution < -0.4 is 0 Å². The number of hydrogen-bond acceptors (Lipinski definition) is 5. The molecule has 0 radical (unpaired) electrons. The van der Waals surface area contributed by atoms with Crippen molar-refractivity contribution in [2.45, 2.75) is 38.3 Å². The van der Waals surface area contributed by atoms with Crippen LogP contribution in [0.15, 0.2) is 48.9 Å². The zero-order valence-electron chi connectivity index (χ0n) is 18.7. The third-order valence-corrected chi connectivity index (χ3v) is 7.16. The van der Waals surface area contributed by atoms with Gasteiger partial charge in [-0.1, -0.05) is 30.3 Å². The molecule has 0 bridgehead atoms. The van der Waals surface area contributed by atoms with Gasteiger partial charge in [0, 0.05) is 44.3 Å². The number of piperidine rings is 2. The molecule has 0 saturated carbocycles. The molecule has 168 valence electrons. The van der Waals surface area contributed by atoms with Crippen LogP contribution in [-0.2, 0) is 13.0 Å². The zero-order chi connectivity index (χ0) is 22.1. The Balaban J connectivity index is 1.31. The Bertz CT molecular complexity index is 1100. The van der Waals surface area contributed by atoms with Crippen molar-refractivity contribution in [2.24, 2.45) is 5.41 Å². The number of aromatic nitrogens is 3. The first kappa shape index (κ1) is 21.1. The molecule has 3 aromatic rings. The van der Waals surface area contributed by atoms with Crippen molar-refractivity contribution in [1.82, 2.24) is 24.3 Å². The first-order valence-corrected chi connectivity index (χ1v) is 11.5. The molecular weight excluding hydrogens is 402 g/mol. The normalized spacial score (nSPS) is 24.3. The van der Waals surface area contributed by atoms with E-state index in [4.69, 9.17) is 0 Å². The fraction of sp³-hybridized carbons (Fsp3) is 0.480. The van der Waals surface area contributed by atoms with Gasteiger partial charge < -0.3 is 19.5 Å². The summed E-state index contributed by atoms with van der Waals surface area (Å²) < 4.78 is 2.04. The molecule has 2 aromatic heterocycles. The van der Waals surface area contributed by atoms with Crippen LogP contribution in [-0.4, -0.2) is 74.7 Å². The molecule has 2 atom stereocenters. The Labute approximate surface area is 188 Å². The molecule has 1 spiro atoms. The second kappa shape index (κ2) is 8.64. The molecule has 5 rings (SSSR count). The summed E-state index contributed by atoms with van der Waals surface area (Å²) in [7, 11) is 2.10. The summed E-state index contributed by atoms with van der Waals surface area (Å²) >= 11 is 0. The van der Waals surface area contributed by atoms with Gasteiger partial charge in [0.2, 0.25) is 0 Å². The average molecular weight is 434 g/mol. The lowest BCUT2D eigenvalue weighted by Gasteiger charge is -2.50. The predicted molar refractivity (Wildman–Crippen MR) is 123 cm³/mol. The number of pyridine rings is 1. The van der Waals surface area contributed by atoms with E-state index in [1.807, 2.05) is 33.7 Å². The van der Waals surface area contributed by atoms with E-state index in [1.165, 1.54) is 5.56 Å². The van der Waals surface area contributed by atoms with E-state index >= 15 is 0 Å². The molecular formula is C25H31N5O2. The summed E-state index contributed by atoms with van der Waals surface area (Å²) in [4.78, 5) is 26.6. The van der Waals surface area contributed by atoms with Crippen LogP contribution in [0.25, 0.3) is 11.2 Å². The molecule has 1 aromatic carbocycles. The number of likely N-dealkylation sites (tertiary alicyclic amines) is 2. The van der Waals surface area contributed by atoms with Crippen LogP contribution in [0.3, 0.4) is 0 Å². The maximum absolute atomic E-state index is 13.3. The second-order valence-electron chi connectivity index (χ2n) is 9.48. The number of fused-ring (bicyclic) bond motifs is 1. The van der Waals surface area contributed by atoms with E-state index in [1.54, 1.807) is 12.5 Å². The SMILES string of the molecule is CN1CC[C@H](O)[C@@]2(CCCN(C(=O)c3cnc4c(c3)ncn4CCc3ccccc3)C2)C1. The molecule has 4 heterocycles. The minimum atomic E-state index is -0.352. The van der Waals surface area contributed by atoms with E-state index in [0.29, 0.717) is 12.1 Å². The predicted octanol–water partition coefficient (Wildman–Crippen LogP) is 2.59. The average Bonchev–Trinajstić information content (AvgIpc) is 3.23. The van der Waals surface area contributed by atoms with E-state index in [2.05, 4.69) is 34.0 Å². The monoisotopic (exact) mass is 433 g/mol. The first-order valence-electron chi connectivity index (χ1n) is 11.5. The molecule has 7 nitrogen and oxygen atoms in total. The number of carbonyl (C=O) groups is 1. The van der Waals surface area contributed by atoms with Gasteiger partial charge in [0.15, 0.2) is 5.65 Å². The van der Waals surface area contributed by atoms with Crippen LogP contribution in [0.2, 0.25) is 0 Å². The van der Waals surface area contributed by atoms with Crippen molar-refractivity contribution in [1.29, 1.82) is 0 Å². The number of rotatable bonds is 4. The lowest BCUT2D eigenvalue weighted by molar-refractivity contribution is -0.0731. The summed E-state index contributed by atoms with van der Waals surface area (Å²) in [5.41, 5.74) is 3.17. The van der Waals surface area contributed by atoms with Crippen molar-refractivity contribution < 1.29 is 9.90 Å². The highest BCUT2D eigenvalue weighted by Gasteiger charge is 2.45. The molecule has 0 aliphatic carbocycles. The van der Waals surface area contributed by atoms with E-state index < -0.39 is 0 Å². The van der Waals surface area contributed by atoms with Crippen LogP contribution in [0.5, 0.6) is 0 Å². The highest BCUT2D eigenvalue weighted by Crippen LogP contribution is 2.38. The molecule has 2 aliphatic rings. The molecule has 2 aliphatic heterocycles. The smallest absolute Gasteiger partial charge is 0.255 e. The molecule has 32 heavy (non-hydrogen) atoms. The van der Waals surface area contributed by atoms with Crippen LogP contribution in [0.1, 0.15) is 35.2 Å². The summed E-state index contributed by atoms with van der Waals surface area (Å²) in [6.45, 7) is 3.85. The molecule has 0 unspecified atom stereocenters. The largest absolute Gasteiger partial charge is 0.392 e. The van der Waals surface area contributed by atoms with Gasteiger partial charge in [0.25, 0.3) is 5.91 Å². The van der Waals surface area contributed by atoms with Gasteiger partial charge in [0.1, 0.15) is 5.52 Å². The van der Waals surface area contributed by atoms with Gasteiger partial charge in [-0.25, -0.2) is 9.97 Å². The molecule has 1 N–H and O–H groups in total. The lowest BCUT2D eigenvalue weighted by Crippen LogP contribution is -2.59. The third-order valence-electron chi connectivity index (χ3n) is 7.16. The fourth-order valence-corrected chi connectivity index (χ4v) is 5.41. The van der Waals surface area contributed by atoms with Gasteiger partial charge in [-0.05, 0) is 44.4 Å². The number of aliphatic hydroxyl groups is 1. The fourth-order valence-electron chi connectivity index (χ4n) is 5.41. The third kappa shape index (κ3) is 4.02. The minimum absolute atomic E-state index is 0.0160. The number of nitrogens with zero attached hydrogens (tertiary/aromatic N) is 5. The van der Waals surface area contributed by atoms with Gasteiger partial charge in [0.05, 0.1) is 18.0 Å². The molecule has 7 heteroatoms. The highest BCUT2D eigenvalue weighted by atomic mass is 16.3. The van der Waals surface area contributed by atoms with Gasteiger partial charge >= 0.3 is 0 Å². The number of imidazole rings is 1. The summed E-state index contributed by atoms with van der Waals surface area (Å²) in [5.74, 6) is -0.0160. The Morgan fingerprint density at radius 2 is 2.03 bits per heavy atom. The van der Waals surface area contributed by atoms with Crippen LogP contribution in [0.4, 0.5) is 0 Å². The Morgan fingerprint density at radius 1 is 1.19 bits per heavy atom. The van der Waals surface area contributed by atoms with Gasteiger partial charge in [-0.2, -0.15) is 0 Å². The van der Waals surface area contributed by atoms with Crippen LogP contribution >= 0.6 is 0 Å². The molecule has 1 amide bonds. The standard InChI is InChI=1S/C25H31N5O2/c1-28-12-9-22(31)25(16-28)10-5-11-29(17-25)24(32)20-14-21-23(26-15-20)30(18-27-21)13-8-19-6-3-2-4-7-19/h2-4,6-7,14-15,18,22,31H,5,8-13,16-17H2,1H3/t22-,25-/m0/s1. The van der Waals surface area contributed by atoms with Crippen molar-refractivity contribution >= 4 is 17.1 Å². The Kier molecular flexibility index (Phi) is 5.69. The van der Waals surface area contributed by atoms with Crippen molar-refractivity contribution in [3.05, 3.63) is 60.0 Å². The zero-order valence-corrected chi connectivity index (χ0v) is 18.7. The van der Waals surface area contributed by atoms with E-state index in [9.17, 15) is 9.90 Å². The van der Waals surface area contributed by atoms with Gasteiger partial charge in [-0.15, -0.1) is 0 Å². The summed E-state index contributed by atoms with van der Waals surface area (Å²) in [6.07, 6.45) is 6.68. The number of amides is 1. The number of aliphatic hydroxyl groups excluding tert-OH is 1. The summed E-state index contributed by atoms with van der Waals surface area (Å²) in [6, 6.07) is 12.2. The number of benzene rings is 1. The highest BCUT2D eigenvalue weighted by molar-refractivity contribution is 5.96.